The van der Waals surface area contributed by atoms with E-state index in [1.165, 1.54) is 18.9 Å². The zero-order chi connectivity index (χ0) is 10.8. The molecule has 1 atom stereocenters. The summed E-state index contributed by atoms with van der Waals surface area (Å²) < 4.78 is 12.8. The van der Waals surface area contributed by atoms with Gasteiger partial charge in [0.15, 0.2) is 0 Å². The van der Waals surface area contributed by atoms with E-state index in [0.29, 0.717) is 0 Å². The van der Waals surface area contributed by atoms with Crippen molar-refractivity contribution in [2.75, 3.05) is 6.54 Å². The summed E-state index contributed by atoms with van der Waals surface area (Å²) >= 11 is 0. The molecule has 0 unspecified atom stereocenters. The quantitative estimate of drug-likeness (QED) is 0.798. The molecule has 0 spiro atoms. The monoisotopic (exact) mass is 209 g/mol. The summed E-state index contributed by atoms with van der Waals surface area (Å²) in [6.45, 7) is 2.97. The van der Waals surface area contributed by atoms with Gasteiger partial charge in [0.2, 0.25) is 0 Å². The summed E-state index contributed by atoms with van der Waals surface area (Å²) in [5.41, 5.74) is 0.761. The Morgan fingerprint density at radius 3 is 2.87 bits per heavy atom. The summed E-state index contributed by atoms with van der Waals surface area (Å²) in [7, 11) is 0. The molecule has 0 bridgehead atoms. The highest BCUT2D eigenvalue weighted by Gasteiger charge is 2.22. The van der Waals surface area contributed by atoms with Gasteiger partial charge in [-0.05, 0) is 38.3 Å². The van der Waals surface area contributed by atoms with Gasteiger partial charge in [0, 0.05) is 17.7 Å². The zero-order valence-electron chi connectivity index (χ0n) is 8.83. The van der Waals surface area contributed by atoms with Crippen LogP contribution in [-0.4, -0.2) is 11.7 Å². The summed E-state index contributed by atoms with van der Waals surface area (Å²) in [5, 5.41) is 12.9. The van der Waals surface area contributed by atoms with Gasteiger partial charge in [0.05, 0.1) is 0 Å². The topological polar surface area (TPSA) is 32.3 Å². The number of hydrogen-bond donors (Lipinski definition) is 2. The molecule has 15 heavy (non-hydrogen) atoms. The third-order valence-corrected chi connectivity index (χ3v) is 2.87. The van der Waals surface area contributed by atoms with Crippen LogP contribution >= 0.6 is 0 Å². The Kier molecular flexibility index (Phi) is 2.91. The van der Waals surface area contributed by atoms with Gasteiger partial charge in [-0.1, -0.05) is 6.07 Å². The first-order chi connectivity index (χ1) is 7.16. The van der Waals surface area contributed by atoms with Crippen molar-refractivity contribution in [1.29, 1.82) is 0 Å². The van der Waals surface area contributed by atoms with E-state index in [2.05, 4.69) is 5.32 Å². The van der Waals surface area contributed by atoms with Gasteiger partial charge in [-0.25, -0.2) is 4.39 Å². The fourth-order valence-electron chi connectivity index (χ4n) is 1.66. The molecule has 3 heteroatoms. The molecule has 0 amide bonds. The van der Waals surface area contributed by atoms with Crippen LogP contribution in [0.3, 0.4) is 0 Å². The van der Waals surface area contributed by atoms with E-state index < -0.39 is 5.82 Å². The Balaban J connectivity index is 1.99. The van der Waals surface area contributed by atoms with Crippen LogP contribution in [0.15, 0.2) is 18.2 Å². The van der Waals surface area contributed by atoms with Crippen LogP contribution in [0.1, 0.15) is 31.4 Å². The van der Waals surface area contributed by atoms with Crippen molar-refractivity contribution in [2.45, 2.75) is 25.8 Å². The third kappa shape index (κ3) is 2.69. The molecular weight excluding hydrogens is 193 g/mol. The molecule has 1 saturated carbocycles. The standard InChI is InChI=1S/C12H16FNO/c1-8(14-7-9-2-3-9)11-5-4-10(13)6-12(11)15/h4-6,8-9,14-15H,2-3,7H2,1H3/t8-/m0/s1. The highest BCUT2D eigenvalue weighted by molar-refractivity contribution is 5.34. The van der Waals surface area contributed by atoms with Gasteiger partial charge in [0.25, 0.3) is 0 Å². The number of halogens is 1. The normalized spacial score (nSPS) is 17.7. The van der Waals surface area contributed by atoms with Crippen LogP contribution in [0.5, 0.6) is 5.75 Å². The lowest BCUT2D eigenvalue weighted by Gasteiger charge is -2.15. The molecule has 2 rings (SSSR count). The minimum Gasteiger partial charge on any atom is -0.508 e. The van der Waals surface area contributed by atoms with Gasteiger partial charge in [-0.2, -0.15) is 0 Å². The van der Waals surface area contributed by atoms with Crippen LogP contribution in [0.25, 0.3) is 0 Å². The summed E-state index contributed by atoms with van der Waals surface area (Å²) in [5.74, 6) is 0.437. The van der Waals surface area contributed by atoms with Crippen LogP contribution in [0.4, 0.5) is 4.39 Å². The van der Waals surface area contributed by atoms with Gasteiger partial charge < -0.3 is 10.4 Å². The largest absolute Gasteiger partial charge is 0.508 e. The molecule has 1 fully saturated rings. The Labute approximate surface area is 89.1 Å². The lowest BCUT2D eigenvalue weighted by molar-refractivity contribution is 0.445. The first kappa shape index (κ1) is 10.4. The lowest BCUT2D eigenvalue weighted by atomic mass is 10.1. The summed E-state index contributed by atoms with van der Waals surface area (Å²) in [4.78, 5) is 0. The Morgan fingerprint density at radius 1 is 1.53 bits per heavy atom. The molecular formula is C12H16FNO. The highest BCUT2D eigenvalue weighted by Crippen LogP contribution is 2.30. The molecule has 1 aromatic carbocycles. The molecule has 1 aliphatic rings. The molecule has 0 saturated heterocycles. The van der Waals surface area contributed by atoms with Crippen LogP contribution in [0, 0.1) is 11.7 Å². The van der Waals surface area contributed by atoms with E-state index in [0.717, 1.165) is 24.1 Å². The van der Waals surface area contributed by atoms with Crippen LogP contribution in [-0.2, 0) is 0 Å². The number of hydrogen-bond acceptors (Lipinski definition) is 2. The number of benzene rings is 1. The number of nitrogens with one attached hydrogen (secondary N) is 1. The highest BCUT2D eigenvalue weighted by atomic mass is 19.1. The van der Waals surface area contributed by atoms with Gasteiger partial charge >= 0.3 is 0 Å². The Hall–Kier alpha value is -1.09. The SMILES string of the molecule is C[C@H](NCC1CC1)c1ccc(F)cc1O. The zero-order valence-corrected chi connectivity index (χ0v) is 8.83. The number of phenolic OH excluding ortho intramolecular Hbond substituents is 1. The van der Waals surface area contributed by atoms with Crippen molar-refractivity contribution in [2.24, 2.45) is 5.92 Å². The fourth-order valence-corrected chi connectivity index (χ4v) is 1.66. The van der Waals surface area contributed by atoms with Crippen molar-refractivity contribution in [3.8, 4) is 5.75 Å². The number of rotatable bonds is 4. The van der Waals surface area contributed by atoms with Crippen molar-refractivity contribution in [3.05, 3.63) is 29.6 Å². The maximum Gasteiger partial charge on any atom is 0.126 e. The average molecular weight is 209 g/mol. The van der Waals surface area contributed by atoms with Gasteiger partial charge in [-0.3, -0.25) is 0 Å². The smallest absolute Gasteiger partial charge is 0.126 e. The number of aromatic hydroxyl groups is 1. The molecule has 1 aromatic rings. The van der Waals surface area contributed by atoms with Crippen molar-refractivity contribution < 1.29 is 9.50 Å². The minimum absolute atomic E-state index is 0.0331. The van der Waals surface area contributed by atoms with Gasteiger partial charge in [-0.15, -0.1) is 0 Å². The fraction of sp³-hybridized carbons (Fsp3) is 0.500. The second-order valence-electron chi connectivity index (χ2n) is 4.28. The van der Waals surface area contributed by atoms with Crippen molar-refractivity contribution in [1.82, 2.24) is 5.32 Å². The second kappa shape index (κ2) is 4.19. The lowest BCUT2D eigenvalue weighted by Crippen LogP contribution is -2.21. The first-order valence-electron chi connectivity index (χ1n) is 5.38. The molecule has 82 valence electrons. The Morgan fingerprint density at radius 2 is 2.27 bits per heavy atom. The first-order valence-corrected chi connectivity index (χ1v) is 5.38. The second-order valence-corrected chi connectivity index (χ2v) is 4.28. The minimum atomic E-state index is -0.398. The average Bonchev–Trinajstić information content (AvgIpc) is 2.97. The maximum absolute atomic E-state index is 12.8. The van der Waals surface area contributed by atoms with Crippen LogP contribution < -0.4 is 5.32 Å². The summed E-state index contributed by atoms with van der Waals surface area (Å²) in [6, 6.07) is 4.25. The molecule has 0 aromatic heterocycles. The van der Waals surface area contributed by atoms with E-state index in [4.69, 9.17) is 0 Å². The number of phenols is 1. The molecule has 0 heterocycles. The molecule has 2 N–H and O–H groups in total. The molecule has 2 nitrogen and oxygen atoms in total. The molecule has 0 aliphatic heterocycles. The molecule has 1 aliphatic carbocycles. The van der Waals surface area contributed by atoms with Crippen molar-refractivity contribution in [3.63, 3.8) is 0 Å². The molecule has 0 radical (unpaired) electrons. The predicted molar refractivity (Wildman–Crippen MR) is 57.2 cm³/mol. The van der Waals surface area contributed by atoms with E-state index in [1.54, 1.807) is 6.07 Å². The predicted octanol–water partition coefficient (Wildman–Crippen LogP) is 2.59. The third-order valence-electron chi connectivity index (χ3n) is 2.87. The van der Waals surface area contributed by atoms with Gasteiger partial charge in [0.1, 0.15) is 11.6 Å². The van der Waals surface area contributed by atoms with E-state index >= 15 is 0 Å². The summed E-state index contributed by atoms with van der Waals surface area (Å²) in [6.07, 6.45) is 2.60. The maximum atomic E-state index is 12.8. The Bertz CT molecular complexity index is 349. The van der Waals surface area contributed by atoms with E-state index in [1.807, 2.05) is 6.92 Å². The van der Waals surface area contributed by atoms with E-state index in [9.17, 15) is 9.50 Å². The van der Waals surface area contributed by atoms with Crippen LogP contribution in [0.2, 0.25) is 0 Å². The van der Waals surface area contributed by atoms with E-state index in [-0.39, 0.29) is 11.8 Å². The van der Waals surface area contributed by atoms with Crippen molar-refractivity contribution >= 4 is 0 Å².